The Morgan fingerprint density at radius 3 is 0.955 bits per heavy atom. The van der Waals surface area contributed by atoms with E-state index < -0.39 is 74.2 Å². The predicted octanol–water partition coefficient (Wildman–Crippen LogP) is 19.8. The van der Waals surface area contributed by atoms with Crippen LogP contribution < -0.4 is 5.32 Å². The van der Waals surface area contributed by atoms with Crippen LogP contribution in [0.25, 0.3) is 0 Å². The Bertz CT molecular complexity index is 1440. The first-order valence-electron chi connectivity index (χ1n) is 39.1. The van der Waals surface area contributed by atoms with E-state index in [2.05, 4.69) is 31.3 Å². The van der Waals surface area contributed by atoms with Gasteiger partial charge in [0, 0.05) is 0 Å². The minimum absolute atomic E-state index is 0.265. The third-order valence-electron chi connectivity index (χ3n) is 19.3. The van der Waals surface area contributed by atoms with Gasteiger partial charge in [-0.05, 0) is 38.5 Å². The number of ether oxygens (including phenoxy) is 2. The van der Waals surface area contributed by atoms with Gasteiger partial charge in [-0.25, -0.2) is 0 Å². The summed E-state index contributed by atoms with van der Waals surface area (Å²) >= 11 is 0. The molecule has 1 saturated heterocycles. The first kappa shape index (κ1) is 84.9. The van der Waals surface area contributed by atoms with Crippen LogP contribution in [0.5, 0.6) is 0 Å². The third kappa shape index (κ3) is 52.3. The molecule has 11 nitrogen and oxygen atoms in total. The monoisotopic (exact) mass is 1250 g/mol. The molecule has 88 heavy (non-hydrogen) atoms. The molecule has 8 N–H and O–H groups in total. The highest BCUT2D eigenvalue weighted by molar-refractivity contribution is 5.80. The van der Waals surface area contributed by atoms with Crippen LogP contribution in [-0.2, 0) is 14.3 Å². The standard InChI is InChI=1S/C77H151NO10/c1-3-5-7-9-11-13-15-17-19-21-23-25-27-29-31-32-33-34-35-36-37-39-41-43-45-47-49-51-53-55-57-59-61-63-65-70(81)76(86)78-68(67-87-77-75(85)74(84)73(83)71(66-79)88-77)72(82)69(80)64-62-60-58-56-54-52-50-48-46-44-42-40-38-30-28-26-24-22-20-18-16-14-12-10-8-6-4-2/h32-33,68-75,77,79-85H,3-31,34-67H2,1-2H3,(H,78,86)/b33-32-. The normalized spacial score (nSPS) is 18.6. The summed E-state index contributed by atoms with van der Waals surface area (Å²) in [6.45, 7) is 3.54. The van der Waals surface area contributed by atoms with Crippen LogP contribution in [0.4, 0.5) is 0 Å². The predicted molar refractivity (Wildman–Crippen MR) is 372 cm³/mol. The van der Waals surface area contributed by atoms with Crippen molar-refractivity contribution in [3.05, 3.63) is 12.2 Å². The average molecular weight is 1250 g/mol. The molecule has 1 aliphatic heterocycles. The van der Waals surface area contributed by atoms with Gasteiger partial charge < -0.3 is 50.5 Å². The van der Waals surface area contributed by atoms with Gasteiger partial charge in [-0.15, -0.1) is 0 Å². The highest BCUT2D eigenvalue weighted by Gasteiger charge is 2.44. The fourth-order valence-corrected chi connectivity index (χ4v) is 13.1. The summed E-state index contributed by atoms with van der Waals surface area (Å²) in [6, 6.07) is -1.17. The van der Waals surface area contributed by atoms with Crippen molar-refractivity contribution in [3.8, 4) is 0 Å². The number of carbonyl (C=O) groups excluding carboxylic acids is 1. The molecule has 1 rings (SSSR count). The molecule has 0 aromatic rings. The largest absolute Gasteiger partial charge is 0.394 e. The number of amides is 1. The zero-order chi connectivity index (χ0) is 63.9. The van der Waals surface area contributed by atoms with Crippen LogP contribution in [0.1, 0.15) is 406 Å². The van der Waals surface area contributed by atoms with Crippen molar-refractivity contribution >= 4 is 5.91 Å². The Morgan fingerprint density at radius 1 is 0.386 bits per heavy atom. The molecule has 1 heterocycles. The minimum atomic E-state index is -1.66. The number of nitrogens with one attached hydrogen (secondary N) is 1. The van der Waals surface area contributed by atoms with E-state index in [1.54, 1.807) is 0 Å². The number of hydrogen-bond donors (Lipinski definition) is 8. The van der Waals surface area contributed by atoms with Gasteiger partial charge in [-0.1, -0.05) is 379 Å². The van der Waals surface area contributed by atoms with Crippen LogP contribution in [0.15, 0.2) is 12.2 Å². The van der Waals surface area contributed by atoms with Crippen LogP contribution in [0.3, 0.4) is 0 Å². The van der Waals surface area contributed by atoms with Gasteiger partial charge in [-0.2, -0.15) is 0 Å². The lowest BCUT2D eigenvalue weighted by atomic mass is 9.98. The molecular weight excluding hydrogens is 1100 g/mol. The van der Waals surface area contributed by atoms with Crippen molar-refractivity contribution in [2.45, 2.75) is 461 Å². The van der Waals surface area contributed by atoms with E-state index in [4.69, 9.17) is 9.47 Å². The average Bonchev–Trinajstić information content (AvgIpc) is 3.61. The van der Waals surface area contributed by atoms with E-state index >= 15 is 0 Å². The van der Waals surface area contributed by atoms with Crippen molar-refractivity contribution in [2.75, 3.05) is 13.2 Å². The second kappa shape index (κ2) is 65.9. The number of rotatable bonds is 70. The summed E-state index contributed by atoms with van der Waals surface area (Å²) in [5, 5.41) is 76.7. The second-order valence-electron chi connectivity index (χ2n) is 27.8. The molecule has 0 aliphatic carbocycles. The Kier molecular flexibility index (Phi) is 63.5. The van der Waals surface area contributed by atoms with Crippen LogP contribution >= 0.6 is 0 Å². The number of aliphatic hydroxyl groups is 7. The number of unbranched alkanes of at least 4 members (excludes halogenated alkanes) is 56. The maximum Gasteiger partial charge on any atom is 0.249 e. The molecule has 0 bridgehead atoms. The smallest absolute Gasteiger partial charge is 0.249 e. The van der Waals surface area contributed by atoms with E-state index in [0.29, 0.717) is 19.3 Å². The lowest BCUT2D eigenvalue weighted by Gasteiger charge is -2.40. The van der Waals surface area contributed by atoms with Crippen molar-refractivity contribution in [1.29, 1.82) is 0 Å². The first-order valence-corrected chi connectivity index (χ1v) is 39.1. The zero-order valence-corrected chi connectivity index (χ0v) is 58.3. The lowest BCUT2D eigenvalue weighted by molar-refractivity contribution is -0.303. The Balaban J connectivity index is 2.13. The molecule has 9 atom stereocenters. The highest BCUT2D eigenvalue weighted by Crippen LogP contribution is 2.24. The SMILES string of the molecule is CCCCCCCCCCCCCCCC/C=C\CCCCCCCCCCCCCCCCCCC(O)C(=O)NC(COC1OC(CO)C(O)C(O)C1O)C(O)C(O)CCCCCCCCCCCCCCCCCCCCCCCCCCCCC. The molecule has 524 valence electrons. The molecule has 0 aromatic heterocycles. The van der Waals surface area contributed by atoms with Gasteiger partial charge in [0.1, 0.15) is 36.6 Å². The van der Waals surface area contributed by atoms with Gasteiger partial charge in [0.25, 0.3) is 0 Å². The molecule has 1 fully saturated rings. The summed E-state index contributed by atoms with van der Waals surface area (Å²) in [7, 11) is 0. The molecule has 11 heteroatoms. The van der Waals surface area contributed by atoms with E-state index in [-0.39, 0.29) is 6.42 Å². The van der Waals surface area contributed by atoms with Crippen molar-refractivity contribution < 1.29 is 50.0 Å². The van der Waals surface area contributed by atoms with Crippen LogP contribution in [0, 0.1) is 0 Å². The summed E-state index contributed by atoms with van der Waals surface area (Å²) < 4.78 is 11.2. The molecule has 1 amide bonds. The topological polar surface area (TPSA) is 189 Å². The quantitative estimate of drug-likeness (QED) is 0.0215. The number of allylic oxidation sites excluding steroid dienone is 2. The molecule has 0 radical (unpaired) electrons. The van der Waals surface area contributed by atoms with Crippen molar-refractivity contribution in [1.82, 2.24) is 5.32 Å². The summed E-state index contributed by atoms with van der Waals surface area (Å²) in [5.41, 5.74) is 0. The van der Waals surface area contributed by atoms with E-state index in [0.717, 1.165) is 38.5 Å². The van der Waals surface area contributed by atoms with Gasteiger partial charge in [-0.3, -0.25) is 4.79 Å². The molecule has 0 aromatic carbocycles. The first-order chi connectivity index (χ1) is 43.2. The van der Waals surface area contributed by atoms with Crippen LogP contribution in [-0.4, -0.2) is 110 Å². The van der Waals surface area contributed by atoms with Gasteiger partial charge in [0.05, 0.1) is 25.4 Å². The molecule has 0 spiro atoms. The minimum Gasteiger partial charge on any atom is -0.394 e. The summed E-state index contributed by atoms with van der Waals surface area (Å²) in [6.07, 6.45) is 71.8. The van der Waals surface area contributed by atoms with Gasteiger partial charge in [0.2, 0.25) is 5.91 Å². The Morgan fingerprint density at radius 2 is 0.659 bits per heavy atom. The fraction of sp³-hybridized carbons (Fsp3) is 0.961. The number of aliphatic hydroxyl groups excluding tert-OH is 7. The highest BCUT2D eigenvalue weighted by atomic mass is 16.7. The summed E-state index contributed by atoms with van der Waals surface area (Å²) in [4.78, 5) is 13.3. The maximum absolute atomic E-state index is 13.3. The number of hydrogen-bond acceptors (Lipinski definition) is 10. The van der Waals surface area contributed by atoms with Gasteiger partial charge in [0.15, 0.2) is 6.29 Å². The van der Waals surface area contributed by atoms with Crippen molar-refractivity contribution in [2.24, 2.45) is 0 Å². The second-order valence-corrected chi connectivity index (χ2v) is 27.8. The van der Waals surface area contributed by atoms with Crippen LogP contribution in [0.2, 0.25) is 0 Å². The molecule has 9 unspecified atom stereocenters. The summed E-state index contributed by atoms with van der Waals surface area (Å²) in [5.74, 6) is -0.687. The van der Waals surface area contributed by atoms with E-state index in [1.165, 1.54) is 327 Å². The Hall–Kier alpha value is -1.15. The zero-order valence-electron chi connectivity index (χ0n) is 58.3. The van der Waals surface area contributed by atoms with E-state index in [1.807, 2.05) is 0 Å². The third-order valence-corrected chi connectivity index (χ3v) is 19.3. The van der Waals surface area contributed by atoms with E-state index in [9.17, 15) is 40.5 Å². The Labute approximate surface area is 544 Å². The lowest BCUT2D eigenvalue weighted by Crippen LogP contribution is -2.60. The molecule has 1 aliphatic rings. The number of carbonyl (C=O) groups is 1. The maximum atomic E-state index is 13.3. The van der Waals surface area contributed by atoms with Crippen molar-refractivity contribution in [3.63, 3.8) is 0 Å². The molecular formula is C77H151NO10. The molecule has 0 saturated carbocycles. The van der Waals surface area contributed by atoms with Gasteiger partial charge >= 0.3 is 0 Å². The fourth-order valence-electron chi connectivity index (χ4n) is 13.1.